The van der Waals surface area contributed by atoms with Crippen LogP contribution in [0.4, 0.5) is 0 Å². The topological polar surface area (TPSA) is 42.1 Å². The second-order valence-electron chi connectivity index (χ2n) is 4.62. The van der Waals surface area contributed by atoms with Crippen molar-refractivity contribution >= 4 is 16.5 Å². The Kier molecular flexibility index (Phi) is 2.95. The van der Waals surface area contributed by atoms with Crippen molar-refractivity contribution in [3.63, 3.8) is 0 Å². The van der Waals surface area contributed by atoms with E-state index >= 15 is 0 Å². The molecule has 19 heavy (non-hydrogen) atoms. The van der Waals surface area contributed by atoms with Crippen molar-refractivity contribution in [1.29, 1.82) is 0 Å². The summed E-state index contributed by atoms with van der Waals surface area (Å²) in [5, 5.41) is 0.691. The van der Waals surface area contributed by atoms with Gasteiger partial charge in [-0.25, -0.2) is 0 Å². The van der Waals surface area contributed by atoms with E-state index in [4.69, 9.17) is 4.74 Å². The molecule has 3 nitrogen and oxygen atoms in total. The molecule has 1 aliphatic carbocycles. The van der Waals surface area contributed by atoms with Crippen LogP contribution in [0.5, 0.6) is 5.75 Å². The molecule has 0 bridgehead atoms. The van der Waals surface area contributed by atoms with Crippen LogP contribution in [0.3, 0.4) is 0 Å². The molecule has 1 aromatic carbocycles. The van der Waals surface area contributed by atoms with E-state index in [9.17, 15) is 4.79 Å². The number of methoxy groups -OCH3 is 1. The van der Waals surface area contributed by atoms with Crippen LogP contribution in [-0.2, 0) is 0 Å². The van der Waals surface area contributed by atoms with Crippen molar-refractivity contribution in [2.45, 2.75) is 12.8 Å². The quantitative estimate of drug-likeness (QED) is 0.892. The number of ether oxygens (including phenoxy) is 1. The van der Waals surface area contributed by atoms with E-state index in [1.165, 1.54) is 5.57 Å². The summed E-state index contributed by atoms with van der Waals surface area (Å²) < 4.78 is 5.20. The van der Waals surface area contributed by atoms with Gasteiger partial charge in [-0.05, 0) is 30.5 Å². The first-order chi connectivity index (χ1) is 9.28. The maximum absolute atomic E-state index is 12.1. The molecule has 1 heterocycles. The lowest BCUT2D eigenvalue weighted by molar-refractivity contribution is 0.415. The maximum atomic E-state index is 12.1. The van der Waals surface area contributed by atoms with Crippen molar-refractivity contribution in [3.8, 4) is 5.75 Å². The highest BCUT2D eigenvalue weighted by atomic mass is 16.5. The molecule has 0 radical (unpaired) electrons. The second-order valence-corrected chi connectivity index (χ2v) is 4.62. The SMILES string of the molecule is COc1ccc2c(=O)cc(C3=CC=CCC3)[nH]c2c1. The van der Waals surface area contributed by atoms with Gasteiger partial charge in [-0.2, -0.15) is 0 Å². The van der Waals surface area contributed by atoms with Crippen LogP contribution in [0.1, 0.15) is 18.5 Å². The van der Waals surface area contributed by atoms with E-state index in [0.717, 1.165) is 29.8 Å². The molecular formula is C16H15NO2. The van der Waals surface area contributed by atoms with E-state index in [0.29, 0.717) is 5.39 Å². The summed E-state index contributed by atoms with van der Waals surface area (Å²) in [6.45, 7) is 0. The van der Waals surface area contributed by atoms with Gasteiger partial charge in [0.2, 0.25) is 0 Å². The van der Waals surface area contributed by atoms with Crippen molar-refractivity contribution < 1.29 is 4.74 Å². The molecule has 0 spiro atoms. The van der Waals surface area contributed by atoms with Crippen molar-refractivity contribution in [2.75, 3.05) is 7.11 Å². The normalized spacial score (nSPS) is 14.5. The van der Waals surface area contributed by atoms with Crippen LogP contribution in [0, 0.1) is 0 Å². The predicted octanol–water partition coefficient (Wildman–Crippen LogP) is 3.27. The third-order valence-corrected chi connectivity index (χ3v) is 3.40. The summed E-state index contributed by atoms with van der Waals surface area (Å²) in [5.41, 5.74) is 2.93. The van der Waals surface area contributed by atoms with Gasteiger partial charge in [-0.3, -0.25) is 4.79 Å². The average molecular weight is 253 g/mol. The highest BCUT2D eigenvalue weighted by Crippen LogP contribution is 2.23. The molecule has 0 aliphatic heterocycles. The zero-order valence-electron chi connectivity index (χ0n) is 10.8. The van der Waals surface area contributed by atoms with Crippen molar-refractivity contribution in [2.24, 2.45) is 0 Å². The molecule has 1 aliphatic rings. The van der Waals surface area contributed by atoms with Crippen LogP contribution >= 0.6 is 0 Å². The summed E-state index contributed by atoms with van der Waals surface area (Å²) in [6, 6.07) is 7.14. The number of allylic oxidation sites excluding steroid dienone is 4. The number of rotatable bonds is 2. The molecule has 0 saturated heterocycles. The Morgan fingerprint density at radius 2 is 2.16 bits per heavy atom. The molecule has 96 valence electrons. The van der Waals surface area contributed by atoms with Crippen molar-refractivity contribution in [3.05, 3.63) is 58.4 Å². The van der Waals surface area contributed by atoms with Gasteiger partial charge in [-0.15, -0.1) is 0 Å². The Labute approximate surface area is 111 Å². The zero-order chi connectivity index (χ0) is 13.2. The predicted molar refractivity (Wildman–Crippen MR) is 77.5 cm³/mol. The van der Waals surface area contributed by atoms with Crippen molar-refractivity contribution in [1.82, 2.24) is 4.98 Å². The third kappa shape index (κ3) is 2.19. The third-order valence-electron chi connectivity index (χ3n) is 3.40. The second kappa shape index (κ2) is 4.76. The average Bonchev–Trinajstić information content (AvgIpc) is 2.47. The highest BCUT2D eigenvalue weighted by molar-refractivity contribution is 5.82. The first-order valence-electron chi connectivity index (χ1n) is 6.35. The van der Waals surface area contributed by atoms with Gasteiger partial charge in [0.05, 0.1) is 12.6 Å². The Bertz CT molecular complexity index is 738. The molecule has 3 rings (SSSR count). The summed E-state index contributed by atoms with van der Waals surface area (Å²) >= 11 is 0. The smallest absolute Gasteiger partial charge is 0.190 e. The minimum atomic E-state index is 0.0434. The zero-order valence-corrected chi connectivity index (χ0v) is 10.8. The van der Waals surface area contributed by atoms with Gasteiger partial charge >= 0.3 is 0 Å². The maximum Gasteiger partial charge on any atom is 0.190 e. The number of hydrogen-bond donors (Lipinski definition) is 1. The van der Waals surface area contributed by atoms with Crippen LogP contribution in [0.25, 0.3) is 16.5 Å². The Hall–Kier alpha value is -2.29. The number of hydrogen-bond acceptors (Lipinski definition) is 2. The van der Waals surface area contributed by atoms with E-state index in [1.54, 1.807) is 25.3 Å². The first-order valence-corrected chi connectivity index (χ1v) is 6.35. The Balaban J connectivity index is 2.19. The standard InChI is InChI=1S/C16H15NO2/c1-19-12-7-8-13-15(9-12)17-14(10-16(13)18)11-5-3-2-4-6-11/h2-3,5,7-10H,4,6H2,1H3,(H,17,18). The molecule has 0 amide bonds. The summed E-state index contributed by atoms with van der Waals surface area (Å²) in [6.07, 6.45) is 8.20. The minimum Gasteiger partial charge on any atom is -0.497 e. The van der Waals surface area contributed by atoms with Gasteiger partial charge in [0.25, 0.3) is 0 Å². The molecule has 0 saturated carbocycles. The fraction of sp³-hybridized carbons (Fsp3) is 0.188. The Morgan fingerprint density at radius 3 is 2.89 bits per heavy atom. The van der Waals surface area contributed by atoms with E-state index in [-0.39, 0.29) is 5.43 Å². The van der Waals surface area contributed by atoms with Crippen LogP contribution in [-0.4, -0.2) is 12.1 Å². The summed E-state index contributed by atoms with van der Waals surface area (Å²) in [5.74, 6) is 0.748. The van der Waals surface area contributed by atoms with Crippen LogP contribution < -0.4 is 10.2 Å². The van der Waals surface area contributed by atoms with Crippen LogP contribution in [0.15, 0.2) is 47.3 Å². The Morgan fingerprint density at radius 1 is 1.26 bits per heavy atom. The fourth-order valence-electron chi connectivity index (χ4n) is 2.36. The number of fused-ring (bicyclic) bond motifs is 1. The summed E-state index contributed by atoms with van der Waals surface area (Å²) in [4.78, 5) is 15.5. The number of benzene rings is 1. The van der Waals surface area contributed by atoms with E-state index < -0.39 is 0 Å². The highest BCUT2D eigenvalue weighted by Gasteiger charge is 2.08. The number of nitrogens with one attached hydrogen (secondary N) is 1. The largest absolute Gasteiger partial charge is 0.497 e. The number of aromatic nitrogens is 1. The van der Waals surface area contributed by atoms with E-state index in [2.05, 4.69) is 17.1 Å². The molecule has 1 N–H and O–H groups in total. The fourth-order valence-corrected chi connectivity index (χ4v) is 2.36. The number of aromatic amines is 1. The first kappa shape index (κ1) is 11.8. The molecule has 0 fully saturated rings. The molecule has 0 unspecified atom stereocenters. The van der Waals surface area contributed by atoms with Crippen LogP contribution in [0.2, 0.25) is 0 Å². The minimum absolute atomic E-state index is 0.0434. The molecule has 0 atom stereocenters. The van der Waals surface area contributed by atoms with Gasteiger partial charge in [0.15, 0.2) is 5.43 Å². The lowest BCUT2D eigenvalue weighted by atomic mass is 10.0. The van der Waals surface area contributed by atoms with Gasteiger partial charge in [0, 0.05) is 23.2 Å². The van der Waals surface area contributed by atoms with Gasteiger partial charge < -0.3 is 9.72 Å². The molecule has 2 aromatic rings. The van der Waals surface area contributed by atoms with Gasteiger partial charge in [-0.1, -0.05) is 18.2 Å². The molecule has 3 heteroatoms. The monoisotopic (exact) mass is 253 g/mol. The summed E-state index contributed by atoms with van der Waals surface area (Å²) in [7, 11) is 1.62. The molecular weight excluding hydrogens is 238 g/mol. The van der Waals surface area contributed by atoms with E-state index in [1.807, 2.05) is 12.1 Å². The lowest BCUT2D eigenvalue weighted by Crippen LogP contribution is -2.05. The lowest BCUT2D eigenvalue weighted by Gasteiger charge is -2.10. The van der Waals surface area contributed by atoms with Gasteiger partial charge in [0.1, 0.15) is 5.75 Å². The number of pyridine rings is 1. The number of H-pyrrole nitrogens is 1. The molecule has 1 aromatic heterocycles.